The predicted octanol–water partition coefficient (Wildman–Crippen LogP) is 2.17. The molecule has 5 heteroatoms. The third-order valence-electron chi connectivity index (χ3n) is 2.12. The summed E-state index contributed by atoms with van der Waals surface area (Å²) < 4.78 is 0.645. The third-order valence-corrected chi connectivity index (χ3v) is 2.57. The zero-order valence-electron chi connectivity index (χ0n) is 8.93. The van der Waals surface area contributed by atoms with Gasteiger partial charge >= 0.3 is 0 Å². The van der Waals surface area contributed by atoms with Gasteiger partial charge in [-0.05, 0) is 39.7 Å². The molecule has 2 heterocycles. The largest absolute Gasteiger partial charge is 0.347 e. The second kappa shape index (κ2) is 5.54. The molecule has 0 aromatic carbocycles. The van der Waals surface area contributed by atoms with Gasteiger partial charge in [-0.1, -0.05) is 12.1 Å². The van der Waals surface area contributed by atoms with Crippen LogP contribution in [0, 0.1) is 0 Å². The van der Waals surface area contributed by atoms with E-state index < -0.39 is 0 Å². The van der Waals surface area contributed by atoms with E-state index in [-0.39, 0.29) is 5.91 Å². The number of hydrogen-bond donors (Lipinski definition) is 1. The van der Waals surface area contributed by atoms with Crippen molar-refractivity contribution in [3.63, 3.8) is 0 Å². The minimum absolute atomic E-state index is 0.199. The van der Waals surface area contributed by atoms with Gasteiger partial charge in [-0.15, -0.1) is 0 Å². The Morgan fingerprint density at radius 3 is 2.88 bits per heavy atom. The summed E-state index contributed by atoms with van der Waals surface area (Å²) in [7, 11) is 0. The molecule has 0 fully saturated rings. The first-order valence-electron chi connectivity index (χ1n) is 5.05. The van der Waals surface area contributed by atoms with Gasteiger partial charge in [0.1, 0.15) is 10.3 Å². The van der Waals surface area contributed by atoms with Crippen molar-refractivity contribution in [3.8, 4) is 0 Å². The van der Waals surface area contributed by atoms with E-state index in [0.717, 1.165) is 5.56 Å². The van der Waals surface area contributed by atoms with Gasteiger partial charge in [-0.2, -0.15) is 0 Å². The molecule has 0 aliphatic carbocycles. The second-order valence-corrected chi connectivity index (χ2v) is 4.20. The van der Waals surface area contributed by atoms with Crippen LogP contribution in [0.3, 0.4) is 0 Å². The zero-order valence-corrected chi connectivity index (χ0v) is 10.5. The maximum absolute atomic E-state index is 11.8. The summed E-state index contributed by atoms with van der Waals surface area (Å²) in [6, 6.07) is 8.96. The molecule has 0 saturated carbocycles. The van der Waals surface area contributed by atoms with Crippen molar-refractivity contribution < 1.29 is 4.79 Å². The number of aromatic nitrogens is 2. The number of amides is 1. The first kappa shape index (κ1) is 11.7. The van der Waals surface area contributed by atoms with Gasteiger partial charge < -0.3 is 5.32 Å². The van der Waals surface area contributed by atoms with Gasteiger partial charge in [0.15, 0.2) is 0 Å². The lowest BCUT2D eigenvalue weighted by Gasteiger charge is -2.04. The zero-order chi connectivity index (χ0) is 12.1. The molecule has 17 heavy (non-hydrogen) atoms. The van der Waals surface area contributed by atoms with Crippen LogP contribution >= 0.6 is 15.9 Å². The molecule has 4 nitrogen and oxygen atoms in total. The first-order valence-corrected chi connectivity index (χ1v) is 5.84. The average molecular weight is 292 g/mol. The Balaban J connectivity index is 1.98. The van der Waals surface area contributed by atoms with Crippen LogP contribution < -0.4 is 5.32 Å². The monoisotopic (exact) mass is 291 g/mol. The Morgan fingerprint density at radius 2 is 2.18 bits per heavy atom. The van der Waals surface area contributed by atoms with Crippen LogP contribution in [0.25, 0.3) is 0 Å². The highest BCUT2D eigenvalue weighted by Crippen LogP contribution is 2.06. The van der Waals surface area contributed by atoms with Crippen molar-refractivity contribution in [2.45, 2.75) is 6.54 Å². The lowest BCUT2D eigenvalue weighted by molar-refractivity contribution is 0.0945. The normalized spacial score (nSPS) is 9.94. The molecule has 0 atom stereocenters. The number of rotatable bonds is 3. The maximum Gasteiger partial charge on any atom is 0.270 e. The van der Waals surface area contributed by atoms with E-state index in [1.54, 1.807) is 30.6 Å². The van der Waals surface area contributed by atoms with Crippen LogP contribution in [0.15, 0.2) is 47.3 Å². The molecular formula is C12H10BrN3O. The topological polar surface area (TPSA) is 54.9 Å². The maximum atomic E-state index is 11.8. The lowest BCUT2D eigenvalue weighted by atomic mass is 10.3. The smallest absolute Gasteiger partial charge is 0.270 e. The molecule has 1 N–H and O–H groups in total. The predicted molar refractivity (Wildman–Crippen MR) is 67.3 cm³/mol. The number of hydrogen-bond acceptors (Lipinski definition) is 3. The first-order chi connectivity index (χ1) is 8.25. The van der Waals surface area contributed by atoms with E-state index in [2.05, 4.69) is 31.2 Å². The number of carbonyl (C=O) groups is 1. The summed E-state index contributed by atoms with van der Waals surface area (Å²) in [6.45, 7) is 0.445. The highest BCUT2D eigenvalue weighted by Gasteiger charge is 2.06. The summed E-state index contributed by atoms with van der Waals surface area (Å²) >= 11 is 3.23. The van der Waals surface area contributed by atoms with Crippen molar-refractivity contribution in [2.75, 3.05) is 0 Å². The Labute approximate surface area is 107 Å². The highest BCUT2D eigenvalue weighted by atomic mass is 79.9. The van der Waals surface area contributed by atoms with Crippen LogP contribution in [0.1, 0.15) is 16.1 Å². The molecule has 2 aromatic rings. The van der Waals surface area contributed by atoms with Crippen LogP contribution in [0.4, 0.5) is 0 Å². The molecule has 0 saturated heterocycles. The van der Waals surface area contributed by atoms with Crippen LogP contribution in [0.2, 0.25) is 0 Å². The number of nitrogens with zero attached hydrogens (tertiary/aromatic N) is 2. The molecule has 2 aromatic heterocycles. The van der Waals surface area contributed by atoms with Crippen molar-refractivity contribution in [1.29, 1.82) is 0 Å². The molecule has 0 unspecified atom stereocenters. The van der Waals surface area contributed by atoms with Crippen LogP contribution in [-0.4, -0.2) is 15.9 Å². The molecule has 86 valence electrons. The third kappa shape index (κ3) is 3.35. The molecule has 0 aliphatic heterocycles. The lowest BCUT2D eigenvalue weighted by Crippen LogP contribution is -2.23. The molecule has 0 bridgehead atoms. The molecular weight excluding hydrogens is 282 g/mol. The van der Waals surface area contributed by atoms with Crippen LogP contribution in [0.5, 0.6) is 0 Å². The van der Waals surface area contributed by atoms with Gasteiger partial charge in [0.05, 0.1) is 0 Å². The fourth-order valence-electron chi connectivity index (χ4n) is 1.31. The van der Waals surface area contributed by atoms with Gasteiger partial charge in [0.2, 0.25) is 0 Å². The minimum atomic E-state index is -0.199. The summed E-state index contributed by atoms with van der Waals surface area (Å²) in [4.78, 5) is 19.8. The minimum Gasteiger partial charge on any atom is -0.347 e. The van der Waals surface area contributed by atoms with E-state index >= 15 is 0 Å². The Kier molecular flexibility index (Phi) is 3.82. The summed E-state index contributed by atoms with van der Waals surface area (Å²) in [5.41, 5.74) is 1.35. The van der Waals surface area contributed by atoms with Gasteiger partial charge in [-0.25, -0.2) is 4.98 Å². The quantitative estimate of drug-likeness (QED) is 0.882. The van der Waals surface area contributed by atoms with Crippen molar-refractivity contribution in [3.05, 3.63) is 58.6 Å². The molecule has 0 spiro atoms. The van der Waals surface area contributed by atoms with Crippen molar-refractivity contribution in [2.24, 2.45) is 0 Å². The van der Waals surface area contributed by atoms with E-state index in [0.29, 0.717) is 16.8 Å². The summed E-state index contributed by atoms with van der Waals surface area (Å²) in [5.74, 6) is -0.199. The molecule has 1 amide bonds. The number of nitrogens with one attached hydrogen (secondary N) is 1. The SMILES string of the molecule is O=C(NCc1cccnc1)c1cccc(Br)n1. The Bertz CT molecular complexity index is 516. The van der Waals surface area contributed by atoms with E-state index in [1.807, 2.05) is 12.1 Å². The number of halogens is 1. The molecule has 0 radical (unpaired) electrons. The van der Waals surface area contributed by atoms with Crippen molar-refractivity contribution in [1.82, 2.24) is 15.3 Å². The van der Waals surface area contributed by atoms with Gasteiger partial charge in [0.25, 0.3) is 5.91 Å². The van der Waals surface area contributed by atoms with E-state index in [9.17, 15) is 4.79 Å². The van der Waals surface area contributed by atoms with E-state index in [4.69, 9.17) is 0 Å². The fraction of sp³-hybridized carbons (Fsp3) is 0.0833. The molecule has 2 rings (SSSR count). The number of carbonyl (C=O) groups excluding carboxylic acids is 1. The van der Waals surface area contributed by atoms with E-state index in [1.165, 1.54) is 0 Å². The number of pyridine rings is 2. The summed E-state index contributed by atoms with van der Waals surface area (Å²) in [5, 5.41) is 2.78. The molecule has 0 aliphatic rings. The standard InChI is InChI=1S/C12H10BrN3O/c13-11-5-1-4-10(16-11)12(17)15-8-9-3-2-6-14-7-9/h1-7H,8H2,(H,15,17). The highest BCUT2D eigenvalue weighted by molar-refractivity contribution is 9.10. The summed E-state index contributed by atoms with van der Waals surface area (Å²) in [6.07, 6.45) is 3.41. The second-order valence-electron chi connectivity index (χ2n) is 3.39. The Morgan fingerprint density at radius 1 is 1.29 bits per heavy atom. The van der Waals surface area contributed by atoms with Crippen molar-refractivity contribution >= 4 is 21.8 Å². The average Bonchev–Trinajstić information content (AvgIpc) is 2.37. The van der Waals surface area contributed by atoms with Gasteiger partial charge in [-0.3, -0.25) is 9.78 Å². The fourth-order valence-corrected chi connectivity index (χ4v) is 1.65. The Hall–Kier alpha value is -1.75. The van der Waals surface area contributed by atoms with Crippen LogP contribution in [-0.2, 0) is 6.54 Å². The van der Waals surface area contributed by atoms with Gasteiger partial charge in [0, 0.05) is 18.9 Å².